The maximum Gasteiger partial charge on any atom is 0.161 e. The largest absolute Gasteiger partial charge is 0.493 e. The molecule has 0 amide bonds. The monoisotopic (exact) mass is 303 g/mol. The standard InChI is InChI=1S/C17H18ClNO2/c1-20-16-9-12-7-8-19(11-13(12)10-17(16)21-2)15-5-3-14(18)4-6-15/h3-6,9-10H,7-8,11H2,1-2H3. The molecule has 0 spiro atoms. The van der Waals surface area contributed by atoms with Gasteiger partial charge in [-0.25, -0.2) is 0 Å². The molecule has 2 aromatic carbocycles. The summed E-state index contributed by atoms with van der Waals surface area (Å²) >= 11 is 5.96. The minimum absolute atomic E-state index is 0.766. The van der Waals surface area contributed by atoms with E-state index in [-0.39, 0.29) is 0 Å². The van der Waals surface area contributed by atoms with Crippen molar-refractivity contribution in [1.29, 1.82) is 0 Å². The van der Waals surface area contributed by atoms with Gasteiger partial charge < -0.3 is 14.4 Å². The second kappa shape index (κ2) is 5.86. The third-order valence-electron chi connectivity index (χ3n) is 3.91. The fraction of sp³-hybridized carbons (Fsp3) is 0.294. The zero-order valence-electron chi connectivity index (χ0n) is 12.2. The molecule has 1 heterocycles. The predicted octanol–water partition coefficient (Wildman–Crippen LogP) is 3.92. The molecule has 0 N–H and O–H groups in total. The van der Waals surface area contributed by atoms with Crippen molar-refractivity contribution in [2.75, 3.05) is 25.7 Å². The van der Waals surface area contributed by atoms with Crippen molar-refractivity contribution in [1.82, 2.24) is 0 Å². The van der Waals surface area contributed by atoms with E-state index in [2.05, 4.69) is 29.2 Å². The van der Waals surface area contributed by atoms with Gasteiger partial charge in [-0.3, -0.25) is 0 Å². The van der Waals surface area contributed by atoms with Gasteiger partial charge in [-0.1, -0.05) is 11.6 Å². The number of rotatable bonds is 3. The van der Waals surface area contributed by atoms with Gasteiger partial charge in [0.1, 0.15) is 0 Å². The van der Waals surface area contributed by atoms with E-state index in [0.717, 1.165) is 36.0 Å². The Morgan fingerprint density at radius 3 is 2.19 bits per heavy atom. The second-order valence-corrected chi connectivity index (χ2v) is 5.56. The van der Waals surface area contributed by atoms with Crippen molar-refractivity contribution >= 4 is 17.3 Å². The smallest absolute Gasteiger partial charge is 0.161 e. The van der Waals surface area contributed by atoms with Gasteiger partial charge >= 0.3 is 0 Å². The van der Waals surface area contributed by atoms with E-state index < -0.39 is 0 Å². The topological polar surface area (TPSA) is 21.7 Å². The van der Waals surface area contributed by atoms with Gasteiger partial charge in [0.05, 0.1) is 14.2 Å². The van der Waals surface area contributed by atoms with Crippen molar-refractivity contribution < 1.29 is 9.47 Å². The van der Waals surface area contributed by atoms with Crippen LogP contribution in [0.25, 0.3) is 0 Å². The number of ether oxygens (including phenoxy) is 2. The maximum atomic E-state index is 5.96. The SMILES string of the molecule is COc1cc2c(cc1OC)CN(c1ccc(Cl)cc1)CC2. The lowest BCUT2D eigenvalue weighted by Gasteiger charge is -2.31. The molecule has 0 saturated heterocycles. The summed E-state index contributed by atoms with van der Waals surface area (Å²) in [4.78, 5) is 2.35. The number of hydrogen-bond acceptors (Lipinski definition) is 3. The van der Waals surface area contributed by atoms with Crippen LogP contribution in [0.5, 0.6) is 11.5 Å². The molecule has 2 aromatic rings. The highest BCUT2D eigenvalue weighted by molar-refractivity contribution is 6.30. The zero-order valence-corrected chi connectivity index (χ0v) is 13.0. The van der Waals surface area contributed by atoms with Gasteiger partial charge in [0.2, 0.25) is 0 Å². The molecule has 0 saturated carbocycles. The summed E-state index contributed by atoms with van der Waals surface area (Å²) in [6.07, 6.45) is 0.998. The first-order valence-corrected chi connectivity index (χ1v) is 7.33. The molecule has 0 aromatic heterocycles. The van der Waals surface area contributed by atoms with E-state index in [1.54, 1.807) is 14.2 Å². The molecule has 110 valence electrons. The Hall–Kier alpha value is -1.87. The van der Waals surface area contributed by atoms with E-state index in [1.165, 1.54) is 16.8 Å². The van der Waals surface area contributed by atoms with E-state index >= 15 is 0 Å². The highest BCUT2D eigenvalue weighted by atomic mass is 35.5. The summed E-state index contributed by atoms with van der Waals surface area (Å²) in [5.74, 6) is 1.59. The molecule has 3 rings (SSSR count). The van der Waals surface area contributed by atoms with Gasteiger partial charge in [0.25, 0.3) is 0 Å². The third-order valence-corrected chi connectivity index (χ3v) is 4.16. The molecule has 0 aliphatic carbocycles. The van der Waals surface area contributed by atoms with Gasteiger partial charge in [0, 0.05) is 23.8 Å². The molecule has 1 aliphatic rings. The Bertz CT molecular complexity index is 640. The Morgan fingerprint density at radius 1 is 0.952 bits per heavy atom. The van der Waals surface area contributed by atoms with Crippen LogP contribution in [-0.2, 0) is 13.0 Å². The van der Waals surface area contributed by atoms with Crippen molar-refractivity contribution in [3.05, 3.63) is 52.5 Å². The number of benzene rings is 2. The average molecular weight is 304 g/mol. The Labute approximate surface area is 130 Å². The van der Waals surface area contributed by atoms with Crippen LogP contribution in [0.4, 0.5) is 5.69 Å². The number of hydrogen-bond donors (Lipinski definition) is 0. The quantitative estimate of drug-likeness (QED) is 0.858. The number of halogens is 1. The lowest BCUT2D eigenvalue weighted by atomic mass is 9.98. The van der Waals surface area contributed by atoms with E-state index in [0.29, 0.717) is 0 Å². The molecular formula is C17H18ClNO2. The van der Waals surface area contributed by atoms with Gasteiger partial charge in [0.15, 0.2) is 11.5 Å². The zero-order chi connectivity index (χ0) is 14.8. The number of fused-ring (bicyclic) bond motifs is 1. The fourth-order valence-electron chi connectivity index (χ4n) is 2.76. The Morgan fingerprint density at radius 2 is 1.57 bits per heavy atom. The number of nitrogens with zero attached hydrogens (tertiary/aromatic N) is 1. The third kappa shape index (κ3) is 2.79. The lowest BCUT2D eigenvalue weighted by molar-refractivity contribution is 0.353. The summed E-state index contributed by atoms with van der Waals surface area (Å²) in [6, 6.07) is 12.2. The van der Waals surface area contributed by atoms with Crippen LogP contribution in [0.1, 0.15) is 11.1 Å². The highest BCUT2D eigenvalue weighted by Crippen LogP contribution is 2.34. The van der Waals surface area contributed by atoms with Gasteiger partial charge in [-0.2, -0.15) is 0 Å². The highest BCUT2D eigenvalue weighted by Gasteiger charge is 2.19. The molecule has 4 heteroatoms. The van der Waals surface area contributed by atoms with Crippen molar-refractivity contribution in [2.45, 2.75) is 13.0 Å². The predicted molar refractivity (Wildman–Crippen MR) is 85.8 cm³/mol. The lowest BCUT2D eigenvalue weighted by Crippen LogP contribution is -2.30. The molecule has 0 radical (unpaired) electrons. The molecule has 3 nitrogen and oxygen atoms in total. The second-order valence-electron chi connectivity index (χ2n) is 5.12. The summed E-state index contributed by atoms with van der Waals surface area (Å²) in [5, 5.41) is 0.766. The maximum absolute atomic E-state index is 5.96. The van der Waals surface area contributed by atoms with E-state index in [9.17, 15) is 0 Å². The molecular weight excluding hydrogens is 286 g/mol. The summed E-state index contributed by atoms with van der Waals surface area (Å²) < 4.78 is 10.8. The van der Waals surface area contributed by atoms with Gasteiger partial charge in [-0.05, 0) is 53.9 Å². The Kier molecular flexibility index (Phi) is 3.93. The van der Waals surface area contributed by atoms with Crippen molar-refractivity contribution in [3.8, 4) is 11.5 Å². The summed E-state index contributed by atoms with van der Waals surface area (Å²) in [7, 11) is 3.34. The first kappa shape index (κ1) is 14.1. The molecule has 0 unspecified atom stereocenters. The van der Waals surface area contributed by atoms with Crippen LogP contribution in [0, 0.1) is 0 Å². The van der Waals surface area contributed by atoms with Crippen LogP contribution < -0.4 is 14.4 Å². The molecule has 0 atom stereocenters. The number of anilines is 1. The normalized spacial score (nSPS) is 13.8. The van der Waals surface area contributed by atoms with Crippen LogP contribution >= 0.6 is 11.6 Å². The molecule has 1 aliphatic heterocycles. The first-order chi connectivity index (χ1) is 10.2. The van der Waals surface area contributed by atoms with Crippen LogP contribution in [0.3, 0.4) is 0 Å². The molecule has 0 bridgehead atoms. The van der Waals surface area contributed by atoms with Crippen LogP contribution in [0.2, 0.25) is 5.02 Å². The number of methoxy groups -OCH3 is 2. The summed E-state index contributed by atoms with van der Waals surface area (Å²) in [6.45, 7) is 1.86. The van der Waals surface area contributed by atoms with Crippen LogP contribution in [-0.4, -0.2) is 20.8 Å². The van der Waals surface area contributed by atoms with Gasteiger partial charge in [-0.15, -0.1) is 0 Å². The summed E-state index contributed by atoms with van der Waals surface area (Å²) in [5.41, 5.74) is 3.81. The fourth-order valence-corrected chi connectivity index (χ4v) is 2.88. The van der Waals surface area contributed by atoms with E-state index in [1.807, 2.05) is 12.1 Å². The first-order valence-electron chi connectivity index (χ1n) is 6.95. The van der Waals surface area contributed by atoms with E-state index in [4.69, 9.17) is 21.1 Å². The Balaban J connectivity index is 1.89. The van der Waals surface area contributed by atoms with Crippen LogP contribution in [0.15, 0.2) is 36.4 Å². The minimum atomic E-state index is 0.766. The van der Waals surface area contributed by atoms with Crippen molar-refractivity contribution in [2.24, 2.45) is 0 Å². The average Bonchev–Trinajstić information content (AvgIpc) is 2.53. The minimum Gasteiger partial charge on any atom is -0.493 e. The molecule has 0 fully saturated rings. The molecule has 21 heavy (non-hydrogen) atoms. The van der Waals surface area contributed by atoms with Crippen molar-refractivity contribution in [3.63, 3.8) is 0 Å².